The lowest BCUT2D eigenvalue weighted by molar-refractivity contribution is -0.143. The largest absolute Gasteiger partial charge is 0.465 e. The highest BCUT2D eigenvalue weighted by Gasteiger charge is 2.56. The molecule has 3 atom stereocenters. The molecular weight excluding hydrogens is 254 g/mol. The maximum atomic E-state index is 12.2. The number of amides is 1. The number of rotatable bonds is 4. The first kappa shape index (κ1) is 13.2. The van der Waals surface area contributed by atoms with Crippen LogP contribution in [-0.4, -0.2) is 25.0 Å². The Morgan fingerprint density at radius 3 is 2.95 bits per heavy atom. The summed E-state index contributed by atoms with van der Waals surface area (Å²) in [6.45, 7) is 2.08. The Bertz CT molecular complexity index is 540. The molecule has 1 aromatic carbocycles. The number of hydrogen-bond acceptors (Lipinski definition) is 3. The minimum Gasteiger partial charge on any atom is -0.465 e. The number of benzene rings is 1. The molecule has 106 valence electrons. The zero-order valence-corrected chi connectivity index (χ0v) is 11.6. The number of carbonyl (C=O) groups excluding carboxylic acids is 2. The predicted octanol–water partition coefficient (Wildman–Crippen LogP) is 1.64. The Labute approximate surface area is 118 Å². The van der Waals surface area contributed by atoms with Crippen LogP contribution >= 0.6 is 0 Å². The van der Waals surface area contributed by atoms with Gasteiger partial charge in [-0.05, 0) is 42.7 Å². The summed E-state index contributed by atoms with van der Waals surface area (Å²) in [6.07, 6.45) is 2.12. The summed E-state index contributed by atoms with van der Waals surface area (Å²) in [5, 5.41) is 2.70. The van der Waals surface area contributed by atoms with Gasteiger partial charge in [0.1, 0.15) is 6.54 Å². The monoisotopic (exact) mass is 273 g/mol. The van der Waals surface area contributed by atoms with E-state index < -0.39 is 0 Å². The van der Waals surface area contributed by atoms with Gasteiger partial charge in [0.15, 0.2) is 0 Å². The van der Waals surface area contributed by atoms with Crippen molar-refractivity contribution in [2.24, 2.45) is 11.8 Å². The molecule has 0 spiro atoms. The van der Waals surface area contributed by atoms with Crippen LogP contribution in [0.25, 0.3) is 0 Å². The van der Waals surface area contributed by atoms with Gasteiger partial charge in [-0.25, -0.2) is 0 Å². The van der Waals surface area contributed by atoms with Crippen molar-refractivity contribution < 1.29 is 14.3 Å². The van der Waals surface area contributed by atoms with E-state index in [0.717, 1.165) is 12.8 Å². The van der Waals surface area contributed by atoms with Gasteiger partial charge in [0, 0.05) is 5.92 Å². The maximum Gasteiger partial charge on any atom is 0.325 e. The molecule has 0 aromatic heterocycles. The van der Waals surface area contributed by atoms with Gasteiger partial charge in [-0.3, -0.25) is 9.59 Å². The second-order valence-corrected chi connectivity index (χ2v) is 5.48. The molecule has 1 fully saturated rings. The molecule has 20 heavy (non-hydrogen) atoms. The van der Waals surface area contributed by atoms with E-state index in [9.17, 15) is 9.59 Å². The molecule has 4 heteroatoms. The highest BCUT2D eigenvalue weighted by Crippen LogP contribution is 2.59. The molecule has 2 aliphatic carbocycles. The van der Waals surface area contributed by atoms with E-state index in [1.54, 1.807) is 6.92 Å². The fraction of sp³-hybridized carbons (Fsp3) is 0.500. The number of hydrogen-bond donors (Lipinski definition) is 1. The summed E-state index contributed by atoms with van der Waals surface area (Å²) in [4.78, 5) is 23.4. The van der Waals surface area contributed by atoms with Crippen molar-refractivity contribution in [1.29, 1.82) is 0 Å². The maximum absolute atomic E-state index is 12.2. The van der Waals surface area contributed by atoms with Crippen LogP contribution < -0.4 is 5.32 Å². The van der Waals surface area contributed by atoms with E-state index in [2.05, 4.69) is 23.5 Å². The molecule has 0 bridgehead atoms. The van der Waals surface area contributed by atoms with Crippen molar-refractivity contribution in [2.45, 2.75) is 25.7 Å². The lowest BCUT2D eigenvalue weighted by Gasteiger charge is -2.13. The standard InChI is InChI=1S/C16H19NO3/c1-2-20-13(18)9-17-16(19)15-12-8-7-10-5-3-4-6-11(10)14(12)15/h3-6,12,14-15H,2,7-9H2,1H3,(H,17,19). The molecule has 3 unspecified atom stereocenters. The normalized spacial score (nSPS) is 26.1. The third kappa shape index (κ3) is 2.30. The molecule has 3 rings (SSSR count). The second-order valence-electron chi connectivity index (χ2n) is 5.48. The van der Waals surface area contributed by atoms with Crippen LogP contribution in [0.15, 0.2) is 24.3 Å². The van der Waals surface area contributed by atoms with Crippen LogP contribution in [0.5, 0.6) is 0 Å². The molecule has 0 radical (unpaired) electrons. The molecule has 1 N–H and O–H groups in total. The zero-order valence-electron chi connectivity index (χ0n) is 11.6. The molecule has 0 aliphatic heterocycles. The Balaban J connectivity index is 1.61. The number of esters is 1. The first-order valence-electron chi connectivity index (χ1n) is 7.23. The Morgan fingerprint density at radius 1 is 1.35 bits per heavy atom. The molecule has 1 amide bonds. The van der Waals surface area contributed by atoms with Crippen molar-refractivity contribution in [1.82, 2.24) is 5.32 Å². The number of aryl methyl sites for hydroxylation is 1. The van der Waals surface area contributed by atoms with Crippen LogP contribution in [0.4, 0.5) is 0 Å². The molecular formula is C16H19NO3. The van der Waals surface area contributed by atoms with Gasteiger partial charge in [-0.15, -0.1) is 0 Å². The van der Waals surface area contributed by atoms with Crippen LogP contribution in [0, 0.1) is 11.8 Å². The van der Waals surface area contributed by atoms with Gasteiger partial charge in [-0.1, -0.05) is 24.3 Å². The van der Waals surface area contributed by atoms with Crippen LogP contribution in [0.1, 0.15) is 30.4 Å². The van der Waals surface area contributed by atoms with Crippen LogP contribution in [-0.2, 0) is 20.7 Å². The van der Waals surface area contributed by atoms with E-state index in [1.807, 2.05) is 6.07 Å². The smallest absolute Gasteiger partial charge is 0.325 e. The van der Waals surface area contributed by atoms with Crippen molar-refractivity contribution >= 4 is 11.9 Å². The quantitative estimate of drug-likeness (QED) is 0.849. The molecule has 0 saturated heterocycles. The first-order chi connectivity index (χ1) is 9.72. The highest BCUT2D eigenvalue weighted by molar-refractivity contribution is 5.87. The summed E-state index contributed by atoms with van der Waals surface area (Å²) in [5.74, 6) is 0.456. The number of nitrogens with one attached hydrogen (secondary N) is 1. The average molecular weight is 273 g/mol. The van der Waals surface area contributed by atoms with Gasteiger partial charge < -0.3 is 10.1 Å². The summed E-state index contributed by atoms with van der Waals surface area (Å²) in [7, 11) is 0. The minimum atomic E-state index is -0.370. The topological polar surface area (TPSA) is 55.4 Å². The van der Waals surface area contributed by atoms with Gasteiger partial charge in [-0.2, -0.15) is 0 Å². The van der Waals surface area contributed by atoms with Crippen molar-refractivity contribution in [3.8, 4) is 0 Å². The SMILES string of the molecule is CCOC(=O)CNC(=O)C1C2CCc3ccccc3C21. The van der Waals surface area contributed by atoms with Gasteiger partial charge in [0.05, 0.1) is 6.61 Å². The summed E-state index contributed by atoms with van der Waals surface area (Å²) < 4.78 is 4.81. The Morgan fingerprint density at radius 2 is 2.15 bits per heavy atom. The van der Waals surface area contributed by atoms with E-state index in [-0.39, 0.29) is 24.3 Å². The second kappa shape index (κ2) is 5.27. The molecule has 2 aliphatic rings. The van der Waals surface area contributed by atoms with Crippen molar-refractivity contribution in [2.75, 3.05) is 13.2 Å². The first-order valence-corrected chi connectivity index (χ1v) is 7.23. The average Bonchev–Trinajstić information content (AvgIpc) is 3.20. The summed E-state index contributed by atoms with van der Waals surface area (Å²) >= 11 is 0. The number of carbonyl (C=O) groups is 2. The van der Waals surface area contributed by atoms with E-state index >= 15 is 0 Å². The molecule has 0 heterocycles. The summed E-state index contributed by atoms with van der Waals surface area (Å²) in [5.41, 5.74) is 2.69. The van der Waals surface area contributed by atoms with Crippen molar-refractivity contribution in [3.63, 3.8) is 0 Å². The van der Waals surface area contributed by atoms with Gasteiger partial charge in [0.2, 0.25) is 5.91 Å². The Kier molecular flexibility index (Phi) is 3.47. The number of fused-ring (bicyclic) bond motifs is 3. The molecule has 1 aromatic rings. The Hall–Kier alpha value is -1.84. The number of ether oxygens (including phenoxy) is 1. The summed E-state index contributed by atoms with van der Waals surface area (Å²) in [6, 6.07) is 8.37. The van der Waals surface area contributed by atoms with E-state index in [4.69, 9.17) is 4.74 Å². The highest BCUT2D eigenvalue weighted by atomic mass is 16.5. The predicted molar refractivity (Wildman–Crippen MR) is 74.1 cm³/mol. The third-order valence-electron chi connectivity index (χ3n) is 4.34. The zero-order chi connectivity index (χ0) is 14.1. The lowest BCUT2D eigenvalue weighted by atomic mass is 9.92. The van der Waals surface area contributed by atoms with E-state index in [1.165, 1.54) is 11.1 Å². The van der Waals surface area contributed by atoms with Gasteiger partial charge >= 0.3 is 5.97 Å². The van der Waals surface area contributed by atoms with Crippen LogP contribution in [0.3, 0.4) is 0 Å². The van der Waals surface area contributed by atoms with E-state index in [0.29, 0.717) is 18.4 Å². The fourth-order valence-electron chi connectivity index (χ4n) is 3.41. The fourth-order valence-corrected chi connectivity index (χ4v) is 3.41. The molecule has 1 saturated carbocycles. The lowest BCUT2D eigenvalue weighted by Crippen LogP contribution is -2.32. The minimum absolute atomic E-state index is 0.00949. The van der Waals surface area contributed by atoms with Crippen molar-refractivity contribution in [3.05, 3.63) is 35.4 Å². The third-order valence-corrected chi connectivity index (χ3v) is 4.34. The molecule has 4 nitrogen and oxygen atoms in total. The van der Waals surface area contributed by atoms with Crippen LogP contribution in [0.2, 0.25) is 0 Å². The van der Waals surface area contributed by atoms with Gasteiger partial charge in [0.25, 0.3) is 0 Å².